The van der Waals surface area contributed by atoms with Gasteiger partial charge in [0, 0.05) is 6.54 Å². The highest BCUT2D eigenvalue weighted by Crippen LogP contribution is 2.07. The Balaban J connectivity index is 2.24. The molecule has 0 radical (unpaired) electrons. The number of nitrogens with zero attached hydrogens (tertiary/aromatic N) is 1. The number of guanidine groups is 1. The molecule has 0 aromatic rings. The predicted octanol–water partition coefficient (Wildman–Crippen LogP) is -1.81. The molecule has 1 rings (SSSR count). The Morgan fingerprint density at radius 3 is 2.74 bits per heavy atom. The minimum atomic E-state index is -0.834. The van der Waals surface area contributed by atoms with Crippen molar-refractivity contribution < 1.29 is 14.3 Å². The molecule has 0 spiro atoms. The molecular weight excluding hydrogens is 250 g/mol. The molecule has 1 aliphatic heterocycles. The van der Waals surface area contributed by atoms with Crippen LogP contribution in [-0.2, 0) is 14.3 Å². The van der Waals surface area contributed by atoms with Crippen molar-refractivity contribution in [2.75, 3.05) is 13.1 Å². The van der Waals surface area contributed by atoms with Gasteiger partial charge in [-0.2, -0.15) is 0 Å². The van der Waals surface area contributed by atoms with Crippen LogP contribution in [0.25, 0.3) is 0 Å². The van der Waals surface area contributed by atoms with Crippen molar-refractivity contribution in [3.05, 3.63) is 0 Å². The van der Waals surface area contributed by atoms with Gasteiger partial charge < -0.3 is 27.3 Å². The van der Waals surface area contributed by atoms with Crippen LogP contribution < -0.4 is 22.5 Å². The van der Waals surface area contributed by atoms with Gasteiger partial charge in [-0.3, -0.25) is 4.99 Å². The quantitative estimate of drug-likeness (QED) is 0.146. The van der Waals surface area contributed by atoms with E-state index in [1.807, 2.05) is 0 Å². The third kappa shape index (κ3) is 5.66. The largest absolute Gasteiger partial charge is 0.391 e. The zero-order valence-electron chi connectivity index (χ0n) is 10.8. The summed E-state index contributed by atoms with van der Waals surface area (Å²) in [5.74, 6) is -1.26. The summed E-state index contributed by atoms with van der Waals surface area (Å²) in [6.07, 6.45) is 2.50. The van der Waals surface area contributed by atoms with Crippen LogP contribution in [0.15, 0.2) is 4.99 Å². The Morgan fingerprint density at radius 2 is 2.16 bits per heavy atom. The molecule has 1 fully saturated rings. The number of carbonyl (C=O) groups is 2. The fourth-order valence-corrected chi connectivity index (χ4v) is 1.77. The normalized spacial score (nSPS) is 19.7. The molecule has 7 N–H and O–H groups in total. The van der Waals surface area contributed by atoms with Crippen molar-refractivity contribution in [2.24, 2.45) is 22.2 Å². The average Bonchev–Trinajstić information content (AvgIpc) is 2.87. The van der Waals surface area contributed by atoms with Gasteiger partial charge in [-0.15, -0.1) is 0 Å². The number of nitrogens with one attached hydrogen (secondary N) is 1. The number of esters is 2. The van der Waals surface area contributed by atoms with E-state index in [0.717, 1.165) is 13.0 Å². The topological polar surface area (TPSA) is 146 Å². The van der Waals surface area contributed by atoms with Crippen LogP contribution >= 0.6 is 0 Å². The van der Waals surface area contributed by atoms with E-state index in [2.05, 4.69) is 10.3 Å². The first-order valence-electron chi connectivity index (χ1n) is 6.30. The minimum Gasteiger partial charge on any atom is -0.391 e. The van der Waals surface area contributed by atoms with Gasteiger partial charge in [0.05, 0.1) is 0 Å². The lowest BCUT2D eigenvalue weighted by atomic mass is 10.1. The lowest BCUT2D eigenvalue weighted by molar-refractivity contribution is -0.162. The SMILES string of the molecule is NC(N)=NCCC[C@H](N)C(=O)OC(=O)[C@@H]1CCCN1. The van der Waals surface area contributed by atoms with Crippen molar-refractivity contribution in [3.8, 4) is 0 Å². The van der Waals surface area contributed by atoms with Crippen LogP contribution in [-0.4, -0.2) is 43.1 Å². The van der Waals surface area contributed by atoms with E-state index < -0.39 is 24.0 Å². The molecule has 0 aromatic heterocycles. The van der Waals surface area contributed by atoms with E-state index in [4.69, 9.17) is 21.9 Å². The molecule has 2 atom stereocenters. The molecule has 1 saturated heterocycles. The summed E-state index contributed by atoms with van der Waals surface area (Å²) in [4.78, 5) is 26.9. The highest BCUT2D eigenvalue weighted by molar-refractivity contribution is 5.90. The first kappa shape index (κ1) is 15.4. The van der Waals surface area contributed by atoms with Gasteiger partial charge >= 0.3 is 11.9 Å². The molecule has 8 nitrogen and oxygen atoms in total. The predicted molar refractivity (Wildman–Crippen MR) is 70.0 cm³/mol. The molecule has 1 heterocycles. The zero-order chi connectivity index (χ0) is 14.3. The van der Waals surface area contributed by atoms with E-state index in [1.165, 1.54) is 0 Å². The highest BCUT2D eigenvalue weighted by Gasteiger charge is 2.27. The second-order valence-corrected chi connectivity index (χ2v) is 4.44. The Kier molecular flexibility index (Phi) is 6.23. The zero-order valence-corrected chi connectivity index (χ0v) is 10.8. The van der Waals surface area contributed by atoms with Gasteiger partial charge in [-0.05, 0) is 32.2 Å². The minimum absolute atomic E-state index is 0.00127. The van der Waals surface area contributed by atoms with Gasteiger partial charge in [0.1, 0.15) is 12.1 Å². The first-order chi connectivity index (χ1) is 9.00. The summed E-state index contributed by atoms with van der Waals surface area (Å²) in [7, 11) is 0. The number of carbonyl (C=O) groups excluding carboxylic acids is 2. The lowest BCUT2D eigenvalue weighted by Crippen LogP contribution is -2.39. The highest BCUT2D eigenvalue weighted by atomic mass is 16.6. The maximum absolute atomic E-state index is 11.6. The van der Waals surface area contributed by atoms with Gasteiger partial charge in [-0.25, -0.2) is 9.59 Å². The van der Waals surface area contributed by atoms with Crippen LogP contribution in [0.3, 0.4) is 0 Å². The van der Waals surface area contributed by atoms with Gasteiger partial charge in [0.2, 0.25) is 0 Å². The molecule has 0 bridgehead atoms. The maximum Gasteiger partial charge on any atom is 0.330 e. The van der Waals surface area contributed by atoms with Crippen molar-refractivity contribution >= 4 is 17.9 Å². The molecule has 19 heavy (non-hydrogen) atoms. The number of ether oxygens (including phenoxy) is 1. The van der Waals surface area contributed by atoms with Crippen LogP contribution in [0.4, 0.5) is 0 Å². The lowest BCUT2D eigenvalue weighted by Gasteiger charge is -2.12. The molecule has 108 valence electrons. The standard InChI is InChI=1S/C11H21N5O3/c12-7(3-1-6-16-11(13)14)9(17)19-10(18)8-4-2-5-15-8/h7-8,15H,1-6,12H2,(H4,13,14,16)/t7-,8-/m0/s1. The molecule has 0 aromatic carbocycles. The van der Waals surface area contributed by atoms with E-state index in [-0.39, 0.29) is 5.96 Å². The van der Waals surface area contributed by atoms with Gasteiger partial charge in [-0.1, -0.05) is 0 Å². The van der Waals surface area contributed by atoms with E-state index >= 15 is 0 Å². The summed E-state index contributed by atoms with van der Waals surface area (Å²) in [5.41, 5.74) is 15.9. The number of rotatable bonds is 6. The van der Waals surface area contributed by atoms with Gasteiger partial charge in [0.15, 0.2) is 5.96 Å². The summed E-state index contributed by atoms with van der Waals surface area (Å²) < 4.78 is 4.72. The third-order valence-electron chi connectivity index (χ3n) is 2.82. The molecule has 0 saturated carbocycles. The summed E-state index contributed by atoms with van der Waals surface area (Å²) >= 11 is 0. The number of hydrogen-bond acceptors (Lipinski definition) is 6. The summed E-state index contributed by atoms with van der Waals surface area (Å²) in [6.45, 7) is 1.15. The Labute approximate surface area is 111 Å². The Hall–Kier alpha value is -1.67. The fourth-order valence-electron chi connectivity index (χ4n) is 1.77. The summed E-state index contributed by atoms with van der Waals surface area (Å²) in [5, 5.41) is 2.95. The van der Waals surface area contributed by atoms with Crippen molar-refractivity contribution in [1.29, 1.82) is 0 Å². The monoisotopic (exact) mass is 271 g/mol. The Bertz CT molecular complexity index is 348. The van der Waals surface area contributed by atoms with Crippen molar-refractivity contribution in [2.45, 2.75) is 37.8 Å². The molecule has 0 amide bonds. The van der Waals surface area contributed by atoms with E-state index in [0.29, 0.717) is 25.8 Å². The molecule has 0 unspecified atom stereocenters. The smallest absolute Gasteiger partial charge is 0.330 e. The van der Waals surface area contributed by atoms with Crippen molar-refractivity contribution in [1.82, 2.24) is 5.32 Å². The third-order valence-corrected chi connectivity index (χ3v) is 2.82. The Morgan fingerprint density at radius 1 is 1.42 bits per heavy atom. The first-order valence-corrected chi connectivity index (χ1v) is 6.30. The van der Waals surface area contributed by atoms with Crippen molar-refractivity contribution in [3.63, 3.8) is 0 Å². The average molecular weight is 271 g/mol. The molecule has 8 heteroatoms. The van der Waals surface area contributed by atoms with E-state index in [9.17, 15) is 9.59 Å². The number of aliphatic imine (C=N–C) groups is 1. The molecular formula is C11H21N5O3. The molecule has 1 aliphatic rings. The second kappa shape index (κ2) is 7.70. The maximum atomic E-state index is 11.6. The van der Waals surface area contributed by atoms with Gasteiger partial charge in [0.25, 0.3) is 0 Å². The number of nitrogens with two attached hydrogens (primary N) is 3. The fraction of sp³-hybridized carbons (Fsp3) is 0.727. The summed E-state index contributed by atoms with van der Waals surface area (Å²) in [6, 6.07) is -1.22. The number of hydrogen-bond donors (Lipinski definition) is 4. The van der Waals surface area contributed by atoms with Crippen LogP contribution in [0.5, 0.6) is 0 Å². The van der Waals surface area contributed by atoms with Crippen LogP contribution in [0, 0.1) is 0 Å². The second-order valence-electron chi connectivity index (χ2n) is 4.44. The van der Waals surface area contributed by atoms with Crippen LogP contribution in [0.2, 0.25) is 0 Å². The van der Waals surface area contributed by atoms with E-state index in [1.54, 1.807) is 0 Å². The molecule has 0 aliphatic carbocycles. The van der Waals surface area contributed by atoms with Crippen LogP contribution in [0.1, 0.15) is 25.7 Å².